The third kappa shape index (κ3) is 11.6. The Balaban J connectivity index is 0.00000625. The molecule has 156 valence electrons. The molecule has 1 rings (SSSR count). The second kappa shape index (κ2) is 12.4. The molecule has 0 spiro atoms. The van der Waals surface area contributed by atoms with Crippen LogP contribution in [-0.2, 0) is 9.84 Å². The predicted octanol–water partition coefficient (Wildman–Crippen LogP) is 3.98. The zero-order valence-electron chi connectivity index (χ0n) is 17.3. The van der Waals surface area contributed by atoms with Gasteiger partial charge < -0.3 is 10.6 Å². The molecule has 0 unspecified atom stereocenters. The monoisotopic (exact) mass is 501 g/mol. The SMILES string of the molecule is CCCC1CCC(NC(=NCC(C)(C)CCS(C)(=O)=O)NCC)CC1.I. The van der Waals surface area contributed by atoms with Crippen molar-refractivity contribution in [2.24, 2.45) is 16.3 Å². The van der Waals surface area contributed by atoms with Gasteiger partial charge in [0.15, 0.2) is 5.96 Å². The van der Waals surface area contributed by atoms with Crippen molar-refractivity contribution in [1.82, 2.24) is 10.6 Å². The van der Waals surface area contributed by atoms with Crippen LogP contribution in [0.1, 0.15) is 72.6 Å². The summed E-state index contributed by atoms with van der Waals surface area (Å²) in [7, 11) is -2.92. The third-order valence-corrected chi connectivity index (χ3v) is 5.99. The van der Waals surface area contributed by atoms with Crippen LogP contribution < -0.4 is 10.6 Å². The van der Waals surface area contributed by atoms with Crippen molar-refractivity contribution in [1.29, 1.82) is 0 Å². The Hall–Kier alpha value is -0.0500. The quantitative estimate of drug-likeness (QED) is 0.285. The van der Waals surface area contributed by atoms with Gasteiger partial charge in [-0.15, -0.1) is 24.0 Å². The maximum Gasteiger partial charge on any atom is 0.191 e. The van der Waals surface area contributed by atoms with Gasteiger partial charge in [0.05, 0.1) is 5.75 Å². The first-order valence-corrected chi connectivity index (χ1v) is 11.9. The third-order valence-electron chi connectivity index (χ3n) is 5.04. The van der Waals surface area contributed by atoms with Gasteiger partial charge in [0.2, 0.25) is 0 Å². The van der Waals surface area contributed by atoms with Crippen LogP contribution in [0.2, 0.25) is 0 Å². The van der Waals surface area contributed by atoms with E-state index >= 15 is 0 Å². The smallest absolute Gasteiger partial charge is 0.191 e. The van der Waals surface area contributed by atoms with Gasteiger partial charge in [-0.2, -0.15) is 0 Å². The maximum atomic E-state index is 11.4. The average molecular weight is 502 g/mol. The second-order valence-corrected chi connectivity index (χ2v) is 10.6. The van der Waals surface area contributed by atoms with Gasteiger partial charge in [0.1, 0.15) is 9.84 Å². The summed E-state index contributed by atoms with van der Waals surface area (Å²) in [4.78, 5) is 4.73. The highest BCUT2D eigenvalue weighted by Gasteiger charge is 2.23. The summed E-state index contributed by atoms with van der Waals surface area (Å²) in [6, 6.07) is 0.505. The van der Waals surface area contributed by atoms with Crippen LogP contribution in [0, 0.1) is 11.3 Å². The molecule has 0 amide bonds. The number of rotatable bonds is 9. The molecule has 0 aromatic heterocycles. The molecule has 1 aliphatic rings. The van der Waals surface area contributed by atoms with Crippen molar-refractivity contribution in [3.63, 3.8) is 0 Å². The van der Waals surface area contributed by atoms with Crippen molar-refractivity contribution in [2.45, 2.75) is 78.7 Å². The van der Waals surface area contributed by atoms with Crippen LogP contribution in [-0.4, -0.2) is 45.5 Å². The average Bonchev–Trinajstić information content (AvgIpc) is 2.53. The van der Waals surface area contributed by atoms with Crippen LogP contribution in [0.15, 0.2) is 4.99 Å². The molecular weight excluding hydrogens is 461 g/mol. The minimum atomic E-state index is -2.92. The lowest BCUT2D eigenvalue weighted by Crippen LogP contribution is -2.45. The Morgan fingerprint density at radius 3 is 2.27 bits per heavy atom. The van der Waals surface area contributed by atoms with Crippen LogP contribution in [0.25, 0.3) is 0 Å². The summed E-state index contributed by atoms with van der Waals surface area (Å²) >= 11 is 0. The van der Waals surface area contributed by atoms with Gasteiger partial charge in [-0.05, 0) is 50.4 Å². The number of aliphatic imine (C=N–C) groups is 1. The van der Waals surface area contributed by atoms with Crippen molar-refractivity contribution in [3.8, 4) is 0 Å². The van der Waals surface area contributed by atoms with E-state index < -0.39 is 9.84 Å². The first kappa shape index (κ1) is 26.0. The first-order chi connectivity index (χ1) is 11.6. The van der Waals surface area contributed by atoms with Crippen LogP contribution in [0.5, 0.6) is 0 Å². The molecule has 1 aliphatic carbocycles. The molecule has 26 heavy (non-hydrogen) atoms. The Morgan fingerprint density at radius 1 is 1.15 bits per heavy atom. The standard InChI is InChI=1S/C19H39N3O2S.HI/c1-6-8-16-9-11-17(12-10-16)22-18(20-7-2)21-15-19(3,4)13-14-25(5,23)24;/h16-17H,6-15H2,1-5H3,(H2,20,21,22);1H. The van der Waals surface area contributed by atoms with Crippen molar-refractivity contribution in [3.05, 3.63) is 0 Å². The fourth-order valence-electron chi connectivity index (χ4n) is 3.35. The van der Waals surface area contributed by atoms with Gasteiger partial charge in [0, 0.05) is 25.4 Å². The summed E-state index contributed by atoms with van der Waals surface area (Å²) in [6.07, 6.45) is 9.63. The highest BCUT2D eigenvalue weighted by Crippen LogP contribution is 2.27. The predicted molar refractivity (Wildman–Crippen MR) is 123 cm³/mol. The topological polar surface area (TPSA) is 70.6 Å². The molecule has 5 nitrogen and oxygen atoms in total. The Morgan fingerprint density at radius 2 is 1.77 bits per heavy atom. The van der Waals surface area contributed by atoms with Crippen molar-refractivity contribution < 1.29 is 8.42 Å². The Labute approximate surface area is 178 Å². The molecule has 0 aromatic rings. The number of halogens is 1. The van der Waals surface area contributed by atoms with E-state index in [0.717, 1.165) is 18.4 Å². The number of hydrogen-bond donors (Lipinski definition) is 2. The minimum Gasteiger partial charge on any atom is -0.357 e. The molecule has 0 radical (unpaired) electrons. The largest absolute Gasteiger partial charge is 0.357 e. The first-order valence-electron chi connectivity index (χ1n) is 9.87. The van der Waals surface area contributed by atoms with E-state index in [4.69, 9.17) is 4.99 Å². The fraction of sp³-hybridized carbons (Fsp3) is 0.947. The molecule has 0 bridgehead atoms. The molecule has 2 N–H and O–H groups in total. The lowest BCUT2D eigenvalue weighted by Gasteiger charge is -2.30. The van der Waals surface area contributed by atoms with Crippen molar-refractivity contribution in [2.75, 3.05) is 25.1 Å². The number of sulfone groups is 1. The van der Waals surface area contributed by atoms with E-state index in [1.165, 1.54) is 44.8 Å². The Kier molecular flexibility index (Phi) is 12.4. The number of nitrogens with zero attached hydrogens (tertiary/aromatic N) is 1. The molecule has 0 aliphatic heterocycles. The van der Waals surface area contributed by atoms with E-state index in [1.54, 1.807) is 0 Å². The molecule has 0 atom stereocenters. The van der Waals surface area contributed by atoms with E-state index in [1.807, 2.05) is 0 Å². The number of nitrogens with one attached hydrogen (secondary N) is 2. The Bertz CT molecular complexity index is 513. The molecule has 0 heterocycles. The zero-order valence-corrected chi connectivity index (χ0v) is 20.5. The van der Waals surface area contributed by atoms with Gasteiger partial charge in [-0.1, -0.05) is 33.6 Å². The van der Waals surface area contributed by atoms with E-state index in [9.17, 15) is 8.42 Å². The molecule has 1 fully saturated rings. The summed E-state index contributed by atoms with van der Waals surface area (Å²) in [5.41, 5.74) is -0.121. The number of hydrogen-bond acceptors (Lipinski definition) is 3. The highest BCUT2D eigenvalue weighted by atomic mass is 127. The lowest BCUT2D eigenvalue weighted by molar-refractivity contribution is 0.294. The van der Waals surface area contributed by atoms with Crippen LogP contribution >= 0.6 is 24.0 Å². The summed E-state index contributed by atoms with van der Waals surface area (Å²) < 4.78 is 22.8. The molecule has 0 saturated heterocycles. The van der Waals surface area contributed by atoms with Gasteiger partial charge in [-0.3, -0.25) is 4.99 Å². The van der Waals surface area contributed by atoms with E-state index in [0.29, 0.717) is 19.0 Å². The van der Waals surface area contributed by atoms with E-state index in [-0.39, 0.29) is 35.1 Å². The number of guanidine groups is 1. The van der Waals surface area contributed by atoms with Gasteiger partial charge in [0.25, 0.3) is 0 Å². The second-order valence-electron chi connectivity index (χ2n) is 8.39. The molecular formula is C19H40IN3O2S. The highest BCUT2D eigenvalue weighted by molar-refractivity contribution is 14.0. The normalized spacial score (nSPS) is 21.8. The van der Waals surface area contributed by atoms with Crippen LogP contribution in [0.4, 0.5) is 0 Å². The molecule has 7 heteroatoms. The summed E-state index contributed by atoms with van der Waals surface area (Å²) in [5, 5.41) is 6.92. The lowest BCUT2D eigenvalue weighted by atomic mass is 9.83. The van der Waals surface area contributed by atoms with Crippen molar-refractivity contribution >= 4 is 39.8 Å². The molecule has 1 saturated carbocycles. The maximum absolute atomic E-state index is 11.4. The fourth-order valence-corrected chi connectivity index (χ4v) is 4.27. The van der Waals surface area contributed by atoms with Gasteiger partial charge in [-0.25, -0.2) is 8.42 Å². The zero-order chi connectivity index (χ0) is 18.9. The summed E-state index contributed by atoms with van der Waals surface area (Å²) in [5.74, 6) is 1.99. The molecule has 0 aromatic carbocycles. The van der Waals surface area contributed by atoms with Crippen LogP contribution in [0.3, 0.4) is 0 Å². The summed E-state index contributed by atoms with van der Waals surface area (Å²) in [6.45, 7) is 9.97. The minimum absolute atomic E-state index is 0. The van der Waals surface area contributed by atoms with Gasteiger partial charge >= 0.3 is 0 Å². The van der Waals surface area contributed by atoms with E-state index in [2.05, 4.69) is 38.3 Å².